The topological polar surface area (TPSA) is 63.2 Å². The fourth-order valence-electron chi connectivity index (χ4n) is 2.15. The van der Waals surface area contributed by atoms with Gasteiger partial charge >= 0.3 is 0 Å². The minimum Gasteiger partial charge on any atom is -0.226 e. The van der Waals surface area contributed by atoms with Crippen molar-refractivity contribution in [1.82, 2.24) is 14.3 Å². The first-order valence-electron chi connectivity index (χ1n) is 6.82. The summed E-state index contributed by atoms with van der Waals surface area (Å²) in [7, 11) is -3.81. The quantitative estimate of drug-likeness (QED) is 0.601. The van der Waals surface area contributed by atoms with Gasteiger partial charge in [0.05, 0.1) is 6.54 Å². The van der Waals surface area contributed by atoms with Gasteiger partial charge in [0.2, 0.25) is 0 Å². The van der Waals surface area contributed by atoms with Crippen molar-refractivity contribution in [3.63, 3.8) is 0 Å². The van der Waals surface area contributed by atoms with E-state index >= 15 is 0 Å². The zero-order valence-electron chi connectivity index (χ0n) is 12.3. The lowest BCUT2D eigenvalue weighted by Gasteiger charge is -2.25. The molecular weight excluding hydrogens is 298 g/mol. The normalized spacial score (nSPS) is 12.8. The second-order valence-corrected chi connectivity index (χ2v) is 6.61. The monoisotopic (exact) mass is 315 g/mol. The van der Waals surface area contributed by atoms with Crippen molar-refractivity contribution in [3.8, 4) is 12.3 Å². The summed E-state index contributed by atoms with van der Waals surface area (Å²) >= 11 is 0. The lowest BCUT2D eigenvalue weighted by atomic mass is 10.1. The highest BCUT2D eigenvalue weighted by Gasteiger charge is 2.30. The highest BCUT2D eigenvalue weighted by atomic mass is 32.2. The van der Waals surface area contributed by atoms with Gasteiger partial charge in [0.1, 0.15) is 0 Å². The molecule has 0 aliphatic rings. The van der Waals surface area contributed by atoms with E-state index in [0.717, 1.165) is 5.56 Å². The van der Waals surface area contributed by atoms with Gasteiger partial charge in [-0.15, -0.1) is 6.42 Å². The molecule has 0 fully saturated rings. The molecule has 1 aromatic heterocycles. The van der Waals surface area contributed by atoms with Crippen LogP contribution in [-0.4, -0.2) is 35.3 Å². The van der Waals surface area contributed by atoms with E-state index in [9.17, 15) is 8.42 Å². The predicted molar refractivity (Wildman–Crippen MR) is 84.4 cm³/mol. The van der Waals surface area contributed by atoms with Crippen molar-refractivity contribution in [3.05, 3.63) is 54.4 Å². The number of sulfonamides is 1. The average Bonchev–Trinajstić information content (AvgIpc) is 2.54. The van der Waals surface area contributed by atoms with Gasteiger partial charge in [0.25, 0.3) is 15.2 Å². The molecule has 1 atom stereocenters. The van der Waals surface area contributed by atoms with Crippen molar-refractivity contribution in [2.75, 3.05) is 6.54 Å². The van der Waals surface area contributed by atoms with Crippen molar-refractivity contribution in [2.45, 2.75) is 24.5 Å². The van der Waals surface area contributed by atoms with Crippen molar-refractivity contribution >= 4 is 10.0 Å². The van der Waals surface area contributed by atoms with E-state index < -0.39 is 10.0 Å². The van der Waals surface area contributed by atoms with Crippen LogP contribution in [0, 0.1) is 12.3 Å². The Morgan fingerprint density at radius 3 is 2.41 bits per heavy atom. The third kappa shape index (κ3) is 3.70. The van der Waals surface area contributed by atoms with E-state index in [-0.39, 0.29) is 17.7 Å². The number of nitrogens with zero attached hydrogens (tertiary/aromatic N) is 3. The maximum absolute atomic E-state index is 12.7. The van der Waals surface area contributed by atoms with Crippen LogP contribution in [-0.2, 0) is 16.4 Å². The maximum Gasteiger partial charge on any atom is 0.279 e. The van der Waals surface area contributed by atoms with Gasteiger partial charge in [-0.25, -0.2) is 18.4 Å². The Hall–Kier alpha value is -2.23. The zero-order chi connectivity index (χ0) is 16.0. The van der Waals surface area contributed by atoms with Gasteiger partial charge in [-0.05, 0) is 25.0 Å². The number of hydrogen-bond donors (Lipinski definition) is 0. The Kier molecular flexibility index (Phi) is 5.26. The molecule has 0 bridgehead atoms. The Morgan fingerprint density at radius 2 is 1.82 bits per heavy atom. The van der Waals surface area contributed by atoms with Crippen LogP contribution in [0.4, 0.5) is 0 Å². The summed E-state index contributed by atoms with van der Waals surface area (Å²) in [4.78, 5) is 7.67. The number of terminal acetylenes is 1. The molecule has 1 aromatic carbocycles. The first-order valence-corrected chi connectivity index (χ1v) is 8.26. The first kappa shape index (κ1) is 16.1. The van der Waals surface area contributed by atoms with Crippen LogP contribution in [0.3, 0.4) is 0 Å². The minimum absolute atomic E-state index is 0.0193. The smallest absolute Gasteiger partial charge is 0.226 e. The summed E-state index contributed by atoms with van der Waals surface area (Å²) in [6, 6.07) is 10.9. The van der Waals surface area contributed by atoms with Crippen molar-refractivity contribution in [1.29, 1.82) is 0 Å². The molecule has 5 nitrogen and oxygen atoms in total. The van der Waals surface area contributed by atoms with Crippen molar-refractivity contribution < 1.29 is 8.42 Å². The molecule has 0 unspecified atom stereocenters. The molecule has 0 aliphatic carbocycles. The lowest BCUT2D eigenvalue weighted by Crippen LogP contribution is -2.40. The van der Waals surface area contributed by atoms with Gasteiger partial charge in [-0.1, -0.05) is 36.3 Å². The Morgan fingerprint density at radius 1 is 1.18 bits per heavy atom. The second kappa shape index (κ2) is 7.16. The van der Waals surface area contributed by atoms with Gasteiger partial charge in [0.15, 0.2) is 0 Å². The van der Waals surface area contributed by atoms with Crippen LogP contribution >= 0.6 is 0 Å². The number of aromatic nitrogens is 2. The van der Waals surface area contributed by atoms with Crippen LogP contribution in [0.15, 0.2) is 53.9 Å². The van der Waals surface area contributed by atoms with Crippen LogP contribution in [0.25, 0.3) is 0 Å². The van der Waals surface area contributed by atoms with Crippen LogP contribution < -0.4 is 0 Å². The van der Waals surface area contributed by atoms with Gasteiger partial charge < -0.3 is 0 Å². The largest absolute Gasteiger partial charge is 0.279 e. The summed E-state index contributed by atoms with van der Waals surface area (Å²) in [5, 5.41) is -0.231. The second-order valence-electron chi connectivity index (χ2n) is 4.82. The molecule has 1 heterocycles. The van der Waals surface area contributed by atoms with Crippen LogP contribution in [0.2, 0.25) is 0 Å². The van der Waals surface area contributed by atoms with Gasteiger partial charge in [-0.3, -0.25) is 0 Å². The molecule has 114 valence electrons. The fraction of sp³-hybridized carbons (Fsp3) is 0.250. The SMILES string of the molecule is C#CCN([C@H](C)Cc1ccccc1)S(=O)(=O)c1ncccn1. The molecule has 0 spiro atoms. The Bertz CT molecular complexity index is 740. The Balaban J connectivity index is 2.28. The molecule has 0 N–H and O–H groups in total. The molecule has 0 radical (unpaired) electrons. The molecular formula is C16H17N3O2S. The molecule has 6 heteroatoms. The molecule has 22 heavy (non-hydrogen) atoms. The first-order chi connectivity index (χ1) is 10.6. The van der Waals surface area contributed by atoms with Crippen LogP contribution in [0.5, 0.6) is 0 Å². The van der Waals surface area contributed by atoms with Gasteiger partial charge in [0, 0.05) is 18.4 Å². The molecule has 0 amide bonds. The third-order valence-electron chi connectivity index (χ3n) is 3.19. The summed E-state index contributed by atoms with van der Waals surface area (Å²) in [5.74, 6) is 2.40. The third-order valence-corrected chi connectivity index (χ3v) is 4.97. The van der Waals surface area contributed by atoms with E-state index in [1.807, 2.05) is 37.3 Å². The summed E-state index contributed by atoms with van der Waals surface area (Å²) in [6.07, 6.45) is 8.70. The summed E-state index contributed by atoms with van der Waals surface area (Å²) in [6.45, 7) is 1.80. The number of hydrogen-bond acceptors (Lipinski definition) is 4. The number of rotatable bonds is 6. The molecule has 0 saturated carbocycles. The van der Waals surface area contributed by atoms with E-state index in [2.05, 4.69) is 15.9 Å². The molecule has 2 aromatic rings. The van der Waals surface area contributed by atoms with E-state index in [4.69, 9.17) is 6.42 Å². The van der Waals surface area contributed by atoms with Crippen LogP contribution in [0.1, 0.15) is 12.5 Å². The lowest BCUT2D eigenvalue weighted by molar-refractivity contribution is 0.361. The standard InChI is InChI=1S/C16H17N3O2S/c1-3-12-19(14(2)13-15-8-5-4-6-9-15)22(20,21)16-17-10-7-11-18-16/h1,4-11,14H,12-13H2,2H3/t14-/m1/s1. The van der Waals surface area contributed by atoms with E-state index in [1.165, 1.54) is 16.7 Å². The Labute approximate surface area is 131 Å². The highest BCUT2D eigenvalue weighted by molar-refractivity contribution is 7.89. The van der Waals surface area contributed by atoms with E-state index in [0.29, 0.717) is 6.42 Å². The fourth-order valence-corrected chi connectivity index (χ4v) is 3.54. The molecule has 0 aliphatic heterocycles. The zero-order valence-corrected chi connectivity index (χ0v) is 13.1. The van der Waals surface area contributed by atoms with Gasteiger partial charge in [-0.2, -0.15) is 4.31 Å². The maximum atomic E-state index is 12.7. The average molecular weight is 315 g/mol. The number of benzene rings is 1. The highest BCUT2D eigenvalue weighted by Crippen LogP contribution is 2.17. The van der Waals surface area contributed by atoms with Crippen molar-refractivity contribution in [2.24, 2.45) is 0 Å². The molecule has 2 rings (SSSR count). The minimum atomic E-state index is -3.81. The molecule has 0 saturated heterocycles. The summed E-state index contributed by atoms with van der Waals surface area (Å²) < 4.78 is 26.6. The predicted octanol–water partition coefficient (Wildman–Crippen LogP) is 1.73. The van der Waals surface area contributed by atoms with E-state index in [1.54, 1.807) is 6.07 Å². The summed E-state index contributed by atoms with van der Waals surface area (Å²) in [5.41, 5.74) is 1.04.